The smallest absolute Gasteiger partial charge is 0.178 e. The van der Waals surface area contributed by atoms with Gasteiger partial charge >= 0.3 is 0 Å². The Morgan fingerprint density at radius 2 is 1.71 bits per heavy atom. The van der Waals surface area contributed by atoms with Crippen LogP contribution in [0.2, 0.25) is 0 Å². The summed E-state index contributed by atoms with van der Waals surface area (Å²) in [4.78, 5) is 28.1. The van der Waals surface area contributed by atoms with Gasteiger partial charge in [0.1, 0.15) is 13.2 Å². The van der Waals surface area contributed by atoms with Gasteiger partial charge in [-0.05, 0) is 77.9 Å². The first-order valence-corrected chi connectivity index (χ1v) is 11.2. The molecule has 0 radical (unpaired) electrons. The average Bonchev–Trinajstić information content (AvgIpc) is 3.07. The van der Waals surface area contributed by atoms with E-state index in [1.54, 1.807) is 6.07 Å². The third-order valence-electron chi connectivity index (χ3n) is 6.45. The molecule has 0 atom stereocenters. The molecule has 0 saturated carbocycles. The standard InChI is InChI=1S/C25H32N2O4/c1-16(2)27-17(3)13-21(18(27)4)22(28)15-26-9-7-19(8-10-26)25(29)20-5-6-23-24(14-20)31-12-11-30-23/h5-6,13-14,16,19H,7-12,15H2,1-4H3. The van der Waals surface area contributed by atoms with Crippen molar-refractivity contribution in [2.24, 2.45) is 5.92 Å². The highest BCUT2D eigenvalue weighted by Gasteiger charge is 2.28. The highest BCUT2D eigenvalue weighted by atomic mass is 16.6. The summed E-state index contributed by atoms with van der Waals surface area (Å²) in [5.41, 5.74) is 3.67. The van der Waals surface area contributed by atoms with E-state index in [4.69, 9.17) is 9.47 Å². The minimum atomic E-state index is -0.0140. The van der Waals surface area contributed by atoms with Gasteiger partial charge in [0.2, 0.25) is 0 Å². The Labute approximate surface area is 184 Å². The maximum atomic E-state index is 13.0. The van der Waals surface area contributed by atoms with E-state index in [-0.39, 0.29) is 17.5 Å². The monoisotopic (exact) mass is 424 g/mol. The van der Waals surface area contributed by atoms with Gasteiger partial charge in [0.05, 0.1) is 6.54 Å². The largest absolute Gasteiger partial charge is 0.486 e. The summed E-state index contributed by atoms with van der Waals surface area (Å²) in [7, 11) is 0. The summed E-state index contributed by atoms with van der Waals surface area (Å²) in [6.07, 6.45) is 1.54. The van der Waals surface area contributed by atoms with Crippen LogP contribution in [0.3, 0.4) is 0 Å². The number of ketones is 2. The molecule has 0 N–H and O–H groups in total. The fraction of sp³-hybridized carbons (Fsp3) is 0.520. The molecule has 31 heavy (non-hydrogen) atoms. The molecule has 0 amide bonds. The second kappa shape index (κ2) is 8.87. The zero-order chi connectivity index (χ0) is 22.1. The van der Waals surface area contributed by atoms with Gasteiger partial charge in [0.25, 0.3) is 0 Å². The van der Waals surface area contributed by atoms with Gasteiger partial charge in [0, 0.05) is 34.5 Å². The minimum Gasteiger partial charge on any atom is -0.486 e. The third kappa shape index (κ3) is 4.40. The van der Waals surface area contributed by atoms with Crippen molar-refractivity contribution in [2.45, 2.75) is 46.6 Å². The van der Waals surface area contributed by atoms with Crippen LogP contribution in [0.25, 0.3) is 0 Å². The molecule has 1 aromatic heterocycles. The van der Waals surface area contributed by atoms with Crippen LogP contribution in [-0.2, 0) is 0 Å². The summed E-state index contributed by atoms with van der Waals surface area (Å²) < 4.78 is 13.4. The van der Waals surface area contributed by atoms with E-state index < -0.39 is 0 Å². The number of hydrogen-bond donors (Lipinski definition) is 0. The molecule has 1 fully saturated rings. The molecular weight excluding hydrogens is 392 g/mol. The highest BCUT2D eigenvalue weighted by Crippen LogP contribution is 2.32. The Morgan fingerprint density at radius 3 is 2.35 bits per heavy atom. The van der Waals surface area contributed by atoms with E-state index in [1.807, 2.05) is 25.1 Å². The fourth-order valence-corrected chi connectivity index (χ4v) is 4.93. The summed E-state index contributed by atoms with van der Waals surface area (Å²) in [5.74, 6) is 1.66. The Morgan fingerprint density at radius 1 is 1.03 bits per heavy atom. The molecule has 3 heterocycles. The van der Waals surface area contributed by atoms with Gasteiger partial charge in [0.15, 0.2) is 23.1 Å². The van der Waals surface area contributed by atoms with Crippen molar-refractivity contribution in [1.82, 2.24) is 9.47 Å². The molecule has 1 saturated heterocycles. The third-order valence-corrected chi connectivity index (χ3v) is 6.45. The second-order valence-corrected chi connectivity index (χ2v) is 8.94. The predicted octanol–water partition coefficient (Wildman–Crippen LogP) is 4.23. The molecule has 0 unspecified atom stereocenters. The van der Waals surface area contributed by atoms with Crippen LogP contribution >= 0.6 is 0 Å². The molecule has 4 rings (SSSR count). The van der Waals surface area contributed by atoms with Gasteiger partial charge in [-0.15, -0.1) is 0 Å². The van der Waals surface area contributed by atoms with Crippen molar-refractivity contribution in [3.8, 4) is 11.5 Å². The van der Waals surface area contributed by atoms with Crippen LogP contribution in [0.15, 0.2) is 24.3 Å². The molecule has 0 bridgehead atoms. The molecule has 2 aliphatic heterocycles. The molecule has 1 aromatic carbocycles. The lowest BCUT2D eigenvalue weighted by Crippen LogP contribution is -2.39. The molecule has 6 heteroatoms. The number of likely N-dealkylation sites (tertiary alicyclic amines) is 1. The number of carbonyl (C=O) groups excluding carboxylic acids is 2. The van der Waals surface area contributed by atoms with Gasteiger partial charge < -0.3 is 14.0 Å². The van der Waals surface area contributed by atoms with Crippen molar-refractivity contribution >= 4 is 11.6 Å². The normalized spacial score (nSPS) is 17.2. The molecule has 0 aliphatic carbocycles. The number of nitrogens with zero attached hydrogens (tertiary/aromatic N) is 2. The van der Waals surface area contributed by atoms with Crippen LogP contribution in [0.5, 0.6) is 11.5 Å². The topological polar surface area (TPSA) is 60.8 Å². The van der Waals surface area contributed by atoms with Crippen LogP contribution < -0.4 is 9.47 Å². The van der Waals surface area contributed by atoms with Crippen LogP contribution in [-0.4, -0.2) is 53.9 Å². The average molecular weight is 425 g/mol. The van der Waals surface area contributed by atoms with Crippen molar-refractivity contribution in [2.75, 3.05) is 32.8 Å². The van der Waals surface area contributed by atoms with E-state index in [1.165, 1.54) is 0 Å². The van der Waals surface area contributed by atoms with E-state index in [0.717, 1.165) is 42.9 Å². The molecule has 2 aliphatic rings. The van der Waals surface area contributed by atoms with E-state index in [0.29, 0.717) is 42.9 Å². The van der Waals surface area contributed by atoms with Gasteiger partial charge in [-0.3, -0.25) is 14.5 Å². The molecule has 2 aromatic rings. The number of aromatic nitrogens is 1. The molecule has 6 nitrogen and oxygen atoms in total. The number of benzene rings is 1. The first kappa shape index (κ1) is 21.6. The molecule has 0 spiro atoms. The first-order valence-electron chi connectivity index (χ1n) is 11.2. The maximum Gasteiger partial charge on any atom is 0.178 e. The summed E-state index contributed by atoms with van der Waals surface area (Å²) in [5, 5.41) is 0. The quantitative estimate of drug-likeness (QED) is 0.650. The number of piperidine rings is 1. The van der Waals surface area contributed by atoms with Gasteiger partial charge in [-0.25, -0.2) is 0 Å². The lowest BCUT2D eigenvalue weighted by atomic mass is 9.88. The Balaban J connectivity index is 1.35. The van der Waals surface area contributed by atoms with Crippen LogP contribution in [0.4, 0.5) is 0 Å². The predicted molar refractivity (Wildman–Crippen MR) is 120 cm³/mol. The first-order chi connectivity index (χ1) is 14.8. The number of ether oxygens (including phenoxy) is 2. The van der Waals surface area contributed by atoms with E-state index in [9.17, 15) is 9.59 Å². The second-order valence-electron chi connectivity index (χ2n) is 8.94. The lowest BCUT2D eigenvalue weighted by Gasteiger charge is -2.31. The summed E-state index contributed by atoms with van der Waals surface area (Å²) in [6.45, 7) is 11.3. The van der Waals surface area contributed by atoms with Crippen molar-refractivity contribution < 1.29 is 19.1 Å². The maximum absolute atomic E-state index is 13.0. The number of Topliss-reactive ketones (excluding diaryl/α,β-unsaturated/α-hetero) is 2. The zero-order valence-electron chi connectivity index (χ0n) is 18.9. The number of fused-ring (bicyclic) bond motifs is 1. The highest BCUT2D eigenvalue weighted by molar-refractivity contribution is 5.99. The van der Waals surface area contributed by atoms with Crippen molar-refractivity contribution in [3.05, 3.63) is 46.8 Å². The Kier molecular flexibility index (Phi) is 6.19. The van der Waals surface area contributed by atoms with Crippen molar-refractivity contribution in [1.29, 1.82) is 0 Å². The van der Waals surface area contributed by atoms with E-state index in [2.05, 4.69) is 30.2 Å². The fourth-order valence-electron chi connectivity index (χ4n) is 4.93. The number of aryl methyl sites for hydroxylation is 1. The van der Waals surface area contributed by atoms with Gasteiger partial charge in [-0.1, -0.05) is 0 Å². The lowest BCUT2D eigenvalue weighted by molar-refractivity contribution is 0.0804. The Bertz CT molecular complexity index is 984. The summed E-state index contributed by atoms with van der Waals surface area (Å²) in [6, 6.07) is 7.80. The number of carbonyl (C=O) groups is 2. The van der Waals surface area contributed by atoms with Gasteiger partial charge in [-0.2, -0.15) is 0 Å². The SMILES string of the molecule is Cc1cc(C(=O)CN2CCC(C(=O)c3ccc4c(c3)OCCO4)CC2)c(C)n1C(C)C. The molecular formula is C25H32N2O4. The number of hydrogen-bond acceptors (Lipinski definition) is 5. The van der Waals surface area contributed by atoms with E-state index >= 15 is 0 Å². The van der Waals surface area contributed by atoms with Crippen LogP contribution in [0, 0.1) is 19.8 Å². The zero-order valence-corrected chi connectivity index (χ0v) is 18.9. The minimum absolute atomic E-state index is 0.0140. The van der Waals surface area contributed by atoms with Crippen LogP contribution in [0.1, 0.15) is 64.8 Å². The molecule has 166 valence electrons. The summed E-state index contributed by atoms with van der Waals surface area (Å²) >= 11 is 0. The Hall–Kier alpha value is -2.60. The number of rotatable bonds is 6. The van der Waals surface area contributed by atoms with Crippen molar-refractivity contribution in [3.63, 3.8) is 0 Å².